The fourth-order valence-electron chi connectivity index (χ4n) is 2.67. The Morgan fingerprint density at radius 2 is 2.00 bits per heavy atom. The average molecular weight is 273 g/mol. The second kappa shape index (κ2) is 7.44. The molecule has 1 atom stereocenters. The van der Waals surface area contributed by atoms with Gasteiger partial charge in [-0.25, -0.2) is 0 Å². The monoisotopic (exact) mass is 273 g/mol. The fourth-order valence-corrected chi connectivity index (χ4v) is 2.67. The smallest absolute Gasteiger partial charge is 0.0706 e. The Morgan fingerprint density at radius 1 is 1.20 bits per heavy atom. The van der Waals surface area contributed by atoms with E-state index in [1.165, 1.54) is 29.4 Å². The minimum Gasteiger partial charge on any atom is -0.317 e. The maximum absolute atomic E-state index is 4.79. The van der Waals surface area contributed by atoms with Crippen LogP contribution < -0.4 is 5.32 Å². The molecule has 110 valence electrons. The highest BCUT2D eigenvalue weighted by molar-refractivity contribution is 5.81. The Kier molecular flexibility index (Phi) is 5.60. The Labute approximate surface area is 122 Å². The summed E-state index contributed by atoms with van der Waals surface area (Å²) in [7, 11) is 0. The molecule has 0 saturated carbocycles. The predicted molar refractivity (Wildman–Crippen MR) is 86.1 cm³/mol. The Morgan fingerprint density at radius 3 is 2.75 bits per heavy atom. The van der Waals surface area contributed by atoms with Crippen LogP contribution >= 0.6 is 0 Å². The van der Waals surface area contributed by atoms with E-state index in [0.29, 0.717) is 5.92 Å². The van der Waals surface area contributed by atoms with Crippen LogP contribution in [0.25, 0.3) is 10.9 Å². The number of fused-ring (bicyclic) bond motifs is 1. The number of hydrogen-bond donors (Lipinski definition) is 1. The lowest BCUT2D eigenvalue weighted by atomic mass is 10.00. The summed E-state index contributed by atoms with van der Waals surface area (Å²) in [6.45, 7) is 9.86. The maximum Gasteiger partial charge on any atom is 0.0706 e. The number of aromatic nitrogens is 2. The number of para-hydroxylation sites is 1. The van der Waals surface area contributed by atoms with Crippen LogP contribution in [0.3, 0.4) is 0 Å². The third-order valence-electron chi connectivity index (χ3n) is 3.82. The third-order valence-corrected chi connectivity index (χ3v) is 3.82. The molecule has 0 fully saturated rings. The highest BCUT2D eigenvalue weighted by Crippen LogP contribution is 2.21. The van der Waals surface area contributed by atoms with Crippen molar-refractivity contribution in [3.05, 3.63) is 30.0 Å². The van der Waals surface area contributed by atoms with Crippen LogP contribution in [0, 0.1) is 5.92 Å². The molecule has 0 radical (unpaired) electrons. The van der Waals surface area contributed by atoms with Crippen molar-refractivity contribution in [3.63, 3.8) is 0 Å². The van der Waals surface area contributed by atoms with Gasteiger partial charge in [-0.2, -0.15) is 5.10 Å². The van der Waals surface area contributed by atoms with Gasteiger partial charge in [0.05, 0.1) is 11.2 Å². The van der Waals surface area contributed by atoms with Gasteiger partial charge in [-0.3, -0.25) is 4.68 Å². The summed E-state index contributed by atoms with van der Waals surface area (Å²) in [5.41, 5.74) is 2.52. The van der Waals surface area contributed by atoms with Crippen LogP contribution in [-0.2, 0) is 13.0 Å². The van der Waals surface area contributed by atoms with Crippen molar-refractivity contribution in [2.45, 2.75) is 46.6 Å². The van der Waals surface area contributed by atoms with E-state index in [0.717, 1.165) is 26.1 Å². The van der Waals surface area contributed by atoms with Crippen molar-refractivity contribution in [2.24, 2.45) is 5.92 Å². The molecule has 0 spiro atoms. The molecule has 0 aliphatic heterocycles. The minimum atomic E-state index is 0.669. The van der Waals surface area contributed by atoms with Crippen LogP contribution in [0.4, 0.5) is 0 Å². The lowest BCUT2D eigenvalue weighted by Gasteiger charge is -2.10. The second-order valence-corrected chi connectivity index (χ2v) is 5.63. The fraction of sp³-hybridized carbons (Fsp3) is 0.588. The number of nitrogens with zero attached hydrogens (tertiary/aromatic N) is 2. The van der Waals surface area contributed by atoms with Crippen molar-refractivity contribution in [2.75, 3.05) is 13.1 Å². The van der Waals surface area contributed by atoms with Gasteiger partial charge in [0.2, 0.25) is 0 Å². The van der Waals surface area contributed by atoms with Crippen molar-refractivity contribution in [1.29, 1.82) is 0 Å². The zero-order chi connectivity index (χ0) is 14.4. The number of benzene rings is 1. The molecule has 1 aromatic heterocycles. The van der Waals surface area contributed by atoms with Gasteiger partial charge in [0.1, 0.15) is 0 Å². The molecule has 0 bridgehead atoms. The third kappa shape index (κ3) is 3.60. The summed E-state index contributed by atoms with van der Waals surface area (Å²) in [4.78, 5) is 0. The van der Waals surface area contributed by atoms with Gasteiger partial charge >= 0.3 is 0 Å². The number of nitrogens with one attached hydrogen (secondary N) is 1. The lowest BCUT2D eigenvalue weighted by molar-refractivity contribution is 0.491. The number of rotatable bonds is 8. The van der Waals surface area contributed by atoms with Gasteiger partial charge < -0.3 is 5.32 Å². The zero-order valence-corrected chi connectivity index (χ0v) is 13.0. The summed E-state index contributed by atoms with van der Waals surface area (Å²) in [6.07, 6.45) is 3.49. The maximum atomic E-state index is 4.79. The topological polar surface area (TPSA) is 29.9 Å². The van der Waals surface area contributed by atoms with Crippen LogP contribution in [0.2, 0.25) is 0 Å². The normalized spacial score (nSPS) is 12.9. The van der Waals surface area contributed by atoms with Gasteiger partial charge in [0.15, 0.2) is 0 Å². The van der Waals surface area contributed by atoms with Gasteiger partial charge in [-0.05, 0) is 51.3 Å². The van der Waals surface area contributed by atoms with Crippen molar-refractivity contribution >= 4 is 10.9 Å². The Hall–Kier alpha value is -1.35. The summed E-state index contributed by atoms with van der Waals surface area (Å²) in [6, 6.07) is 8.58. The molecule has 20 heavy (non-hydrogen) atoms. The SMILES string of the molecule is CCCNCCC(C)Cc1nn(CC)c2ccccc12. The highest BCUT2D eigenvalue weighted by atomic mass is 15.3. The van der Waals surface area contributed by atoms with Crippen LogP contribution in [0.1, 0.15) is 39.3 Å². The molecule has 0 saturated heterocycles. The van der Waals surface area contributed by atoms with E-state index in [1.807, 2.05) is 0 Å². The summed E-state index contributed by atoms with van der Waals surface area (Å²) >= 11 is 0. The molecule has 1 N–H and O–H groups in total. The van der Waals surface area contributed by atoms with Crippen LogP contribution in [0.5, 0.6) is 0 Å². The molecule has 3 heteroatoms. The zero-order valence-electron chi connectivity index (χ0n) is 13.0. The van der Waals surface area contributed by atoms with Crippen LogP contribution in [0.15, 0.2) is 24.3 Å². The standard InChI is InChI=1S/C17H27N3/c1-4-11-18-12-10-14(3)13-16-15-8-6-7-9-17(15)20(5-2)19-16/h6-9,14,18H,4-5,10-13H2,1-3H3. The number of hydrogen-bond acceptors (Lipinski definition) is 2. The molecule has 1 heterocycles. The summed E-state index contributed by atoms with van der Waals surface area (Å²) < 4.78 is 2.12. The number of aryl methyl sites for hydroxylation is 1. The van der Waals surface area contributed by atoms with Gasteiger partial charge in [0.25, 0.3) is 0 Å². The van der Waals surface area contributed by atoms with Crippen molar-refractivity contribution in [1.82, 2.24) is 15.1 Å². The molecular formula is C17H27N3. The molecule has 0 amide bonds. The molecule has 1 unspecified atom stereocenters. The first kappa shape index (κ1) is 15.0. The molecule has 0 aliphatic carbocycles. The minimum absolute atomic E-state index is 0.669. The van der Waals surface area contributed by atoms with Crippen LogP contribution in [-0.4, -0.2) is 22.9 Å². The lowest BCUT2D eigenvalue weighted by Crippen LogP contribution is -2.18. The van der Waals surface area contributed by atoms with Gasteiger partial charge in [-0.1, -0.05) is 32.0 Å². The van der Waals surface area contributed by atoms with E-state index in [-0.39, 0.29) is 0 Å². The molecular weight excluding hydrogens is 246 g/mol. The highest BCUT2D eigenvalue weighted by Gasteiger charge is 2.12. The van der Waals surface area contributed by atoms with Gasteiger partial charge in [-0.15, -0.1) is 0 Å². The summed E-state index contributed by atoms with van der Waals surface area (Å²) in [5, 5.41) is 9.59. The predicted octanol–water partition coefficient (Wildman–Crippen LogP) is 3.62. The first-order valence-corrected chi connectivity index (χ1v) is 7.91. The Bertz CT molecular complexity index is 530. The van der Waals surface area contributed by atoms with Crippen molar-refractivity contribution in [3.8, 4) is 0 Å². The summed E-state index contributed by atoms with van der Waals surface area (Å²) in [5.74, 6) is 0.669. The largest absolute Gasteiger partial charge is 0.317 e. The molecule has 2 aromatic rings. The van der Waals surface area contributed by atoms with E-state index in [4.69, 9.17) is 5.10 Å². The van der Waals surface area contributed by atoms with E-state index >= 15 is 0 Å². The van der Waals surface area contributed by atoms with Crippen molar-refractivity contribution < 1.29 is 0 Å². The first-order chi connectivity index (χ1) is 9.76. The van der Waals surface area contributed by atoms with E-state index < -0.39 is 0 Å². The molecule has 0 aliphatic rings. The molecule has 1 aromatic carbocycles. The van der Waals surface area contributed by atoms with E-state index in [2.05, 4.69) is 55.0 Å². The molecule has 3 nitrogen and oxygen atoms in total. The molecule has 2 rings (SSSR count). The van der Waals surface area contributed by atoms with Gasteiger partial charge in [0, 0.05) is 11.9 Å². The van der Waals surface area contributed by atoms with E-state index in [1.54, 1.807) is 0 Å². The second-order valence-electron chi connectivity index (χ2n) is 5.63. The quantitative estimate of drug-likeness (QED) is 0.744. The van der Waals surface area contributed by atoms with E-state index in [9.17, 15) is 0 Å². The first-order valence-electron chi connectivity index (χ1n) is 7.91. The average Bonchev–Trinajstić information content (AvgIpc) is 2.82. The Balaban J connectivity index is 2.02.